The Morgan fingerprint density at radius 2 is 1.52 bits per heavy atom. The minimum atomic E-state index is -0.714. The van der Waals surface area contributed by atoms with Gasteiger partial charge in [0.25, 0.3) is 0 Å². The lowest BCUT2D eigenvalue weighted by atomic mass is 9.93. The van der Waals surface area contributed by atoms with E-state index in [4.69, 9.17) is 14.2 Å². The lowest BCUT2D eigenvalue weighted by Gasteiger charge is -2.35. The fraction of sp³-hybridized carbons (Fsp3) is 0.864. The van der Waals surface area contributed by atoms with Crippen LogP contribution < -0.4 is 0 Å². The fourth-order valence-electron chi connectivity index (χ4n) is 4.02. The highest BCUT2D eigenvalue weighted by atomic mass is 16.6. The zero-order valence-electron chi connectivity index (χ0n) is 18.4. The minimum absolute atomic E-state index is 0.0375. The van der Waals surface area contributed by atoms with Crippen LogP contribution in [0.3, 0.4) is 0 Å². The molecule has 2 saturated heterocycles. The van der Waals surface area contributed by atoms with E-state index in [0.717, 1.165) is 25.7 Å². The third-order valence-corrected chi connectivity index (χ3v) is 5.76. The van der Waals surface area contributed by atoms with Crippen molar-refractivity contribution in [3.63, 3.8) is 0 Å². The molecule has 5 atom stereocenters. The predicted molar refractivity (Wildman–Crippen MR) is 108 cm³/mol. The maximum Gasteiger partial charge on any atom is 0.410 e. The van der Waals surface area contributed by atoms with E-state index in [-0.39, 0.29) is 35.8 Å². The first-order valence-corrected chi connectivity index (χ1v) is 11.1. The zero-order chi connectivity index (χ0) is 21.4. The van der Waals surface area contributed by atoms with E-state index in [9.17, 15) is 14.4 Å². The Labute approximate surface area is 174 Å². The largest absolute Gasteiger partial charge is 0.465 e. The van der Waals surface area contributed by atoms with Crippen molar-refractivity contribution in [2.75, 3.05) is 19.7 Å². The molecule has 0 radical (unpaired) electrons. The summed E-state index contributed by atoms with van der Waals surface area (Å²) in [6.07, 6.45) is 3.87. The summed E-state index contributed by atoms with van der Waals surface area (Å²) < 4.78 is 16.7. The Hall–Kier alpha value is -1.63. The van der Waals surface area contributed by atoms with Gasteiger partial charge in [0.15, 0.2) is 11.9 Å². The van der Waals surface area contributed by atoms with Gasteiger partial charge in [-0.25, -0.2) is 4.79 Å². The predicted octanol–water partition coefficient (Wildman–Crippen LogP) is 3.73. The number of ether oxygens (including phenoxy) is 3. The Bertz CT molecular complexity index is 556. The summed E-state index contributed by atoms with van der Waals surface area (Å²) in [5.41, 5.74) is 0. The molecular weight excluding hydrogens is 374 g/mol. The topological polar surface area (TPSA) is 82.1 Å². The lowest BCUT2D eigenvalue weighted by Crippen LogP contribution is -2.49. The number of carbonyl (C=O) groups excluding carboxylic acids is 3. The van der Waals surface area contributed by atoms with E-state index in [1.165, 1.54) is 0 Å². The molecule has 2 fully saturated rings. The number of rotatable bonds is 1. The van der Waals surface area contributed by atoms with Crippen molar-refractivity contribution in [2.24, 2.45) is 11.8 Å². The van der Waals surface area contributed by atoms with Crippen molar-refractivity contribution in [1.82, 2.24) is 4.90 Å². The molecule has 0 aliphatic carbocycles. The SMILES string of the molecule is C[C@@H]1CN(C(=O)O[C@H]2CCCCC[C@@H](C)C(=O)OCCC[C@@H](C)C2=O)C[C@H](C)O1. The number of esters is 1. The lowest BCUT2D eigenvalue weighted by molar-refractivity contribution is -0.148. The standard InChI is InChI=1S/C22H37NO6/c1-15-10-8-12-27-21(25)16(2)9-6-5-7-11-19(20(15)24)29-22(26)23-13-17(3)28-18(4)14-23/h15-19H,5-14H2,1-4H3/t15-,16-,17-,18+,19+/m1/s1. The number of cyclic esters (lactones) is 1. The molecule has 0 aromatic heterocycles. The van der Waals surface area contributed by atoms with Crippen LogP contribution in [0.1, 0.15) is 72.6 Å². The molecule has 0 aromatic rings. The molecule has 0 unspecified atom stereocenters. The molecule has 0 N–H and O–H groups in total. The van der Waals surface area contributed by atoms with Crippen LogP contribution in [0.2, 0.25) is 0 Å². The highest BCUT2D eigenvalue weighted by Crippen LogP contribution is 2.21. The molecule has 2 aliphatic rings. The average molecular weight is 412 g/mol. The number of hydrogen-bond donors (Lipinski definition) is 0. The Balaban J connectivity index is 1.98. The summed E-state index contributed by atoms with van der Waals surface area (Å²) in [5.74, 6) is -0.531. The number of morpholine rings is 1. The Kier molecular flexibility index (Phi) is 9.40. The van der Waals surface area contributed by atoms with E-state index < -0.39 is 12.2 Å². The molecule has 7 nitrogen and oxygen atoms in total. The monoisotopic (exact) mass is 411 g/mol. The van der Waals surface area contributed by atoms with Crippen LogP contribution in [-0.4, -0.2) is 60.8 Å². The third kappa shape index (κ3) is 7.61. The van der Waals surface area contributed by atoms with E-state index >= 15 is 0 Å². The summed E-state index contributed by atoms with van der Waals surface area (Å²) in [4.78, 5) is 39.2. The molecular formula is C22H37NO6. The van der Waals surface area contributed by atoms with Gasteiger partial charge < -0.3 is 19.1 Å². The van der Waals surface area contributed by atoms with E-state index in [1.54, 1.807) is 4.90 Å². The van der Waals surface area contributed by atoms with Crippen molar-refractivity contribution >= 4 is 17.8 Å². The summed E-state index contributed by atoms with van der Waals surface area (Å²) in [6, 6.07) is 0. The highest BCUT2D eigenvalue weighted by molar-refractivity contribution is 5.87. The molecule has 2 rings (SSSR count). The molecule has 166 valence electrons. The Morgan fingerprint density at radius 1 is 0.897 bits per heavy atom. The number of Topliss-reactive ketones (excluding diaryl/α,β-unsaturated/α-hetero) is 1. The first-order chi connectivity index (χ1) is 13.8. The van der Waals surface area contributed by atoms with Crippen molar-refractivity contribution in [1.29, 1.82) is 0 Å². The number of amides is 1. The van der Waals surface area contributed by atoms with Crippen LogP contribution in [0, 0.1) is 11.8 Å². The van der Waals surface area contributed by atoms with E-state index in [0.29, 0.717) is 39.0 Å². The van der Waals surface area contributed by atoms with Crippen LogP contribution >= 0.6 is 0 Å². The fourth-order valence-corrected chi connectivity index (χ4v) is 4.02. The molecule has 1 amide bonds. The van der Waals surface area contributed by atoms with Gasteiger partial charge in [-0.3, -0.25) is 9.59 Å². The summed E-state index contributed by atoms with van der Waals surface area (Å²) >= 11 is 0. The normalized spacial score (nSPS) is 33.5. The van der Waals surface area contributed by atoms with Gasteiger partial charge in [0.1, 0.15) is 0 Å². The van der Waals surface area contributed by atoms with Gasteiger partial charge in [0.05, 0.1) is 37.8 Å². The summed E-state index contributed by atoms with van der Waals surface area (Å²) in [6.45, 7) is 8.89. The summed E-state index contributed by atoms with van der Waals surface area (Å²) in [5, 5.41) is 0. The van der Waals surface area contributed by atoms with Gasteiger partial charge in [0.2, 0.25) is 0 Å². The first kappa shape index (κ1) is 23.6. The van der Waals surface area contributed by atoms with E-state index in [2.05, 4.69) is 0 Å². The molecule has 0 saturated carbocycles. The van der Waals surface area contributed by atoms with Crippen molar-refractivity contribution in [2.45, 2.75) is 91.0 Å². The maximum absolute atomic E-state index is 13.0. The third-order valence-electron chi connectivity index (χ3n) is 5.76. The zero-order valence-corrected chi connectivity index (χ0v) is 18.4. The summed E-state index contributed by atoms with van der Waals surface area (Å²) in [7, 11) is 0. The minimum Gasteiger partial charge on any atom is -0.465 e. The van der Waals surface area contributed by atoms with Gasteiger partial charge in [-0.1, -0.05) is 26.7 Å². The van der Waals surface area contributed by atoms with Crippen LogP contribution in [-0.2, 0) is 23.8 Å². The quantitative estimate of drug-likeness (QED) is 0.612. The van der Waals surface area contributed by atoms with Crippen molar-refractivity contribution in [3.8, 4) is 0 Å². The second-order valence-electron chi connectivity index (χ2n) is 8.69. The molecule has 29 heavy (non-hydrogen) atoms. The van der Waals surface area contributed by atoms with E-state index in [1.807, 2.05) is 27.7 Å². The van der Waals surface area contributed by atoms with Gasteiger partial charge in [-0.05, 0) is 46.0 Å². The van der Waals surface area contributed by atoms with Crippen LogP contribution in [0.5, 0.6) is 0 Å². The highest BCUT2D eigenvalue weighted by Gasteiger charge is 2.32. The van der Waals surface area contributed by atoms with Crippen LogP contribution in [0.25, 0.3) is 0 Å². The number of nitrogens with zero attached hydrogens (tertiary/aromatic N) is 1. The number of hydrogen-bond acceptors (Lipinski definition) is 6. The number of carbonyl (C=O) groups is 3. The van der Waals surface area contributed by atoms with Gasteiger partial charge in [-0.2, -0.15) is 0 Å². The van der Waals surface area contributed by atoms with Gasteiger partial charge in [0, 0.05) is 5.92 Å². The smallest absolute Gasteiger partial charge is 0.410 e. The average Bonchev–Trinajstić information content (AvgIpc) is 2.67. The second kappa shape index (κ2) is 11.5. The molecule has 7 heteroatoms. The van der Waals surface area contributed by atoms with Crippen LogP contribution in [0.4, 0.5) is 4.79 Å². The van der Waals surface area contributed by atoms with Gasteiger partial charge >= 0.3 is 12.1 Å². The van der Waals surface area contributed by atoms with Gasteiger partial charge in [-0.15, -0.1) is 0 Å². The van der Waals surface area contributed by atoms with Crippen molar-refractivity contribution < 1.29 is 28.6 Å². The first-order valence-electron chi connectivity index (χ1n) is 11.1. The second-order valence-corrected chi connectivity index (χ2v) is 8.69. The van der Waals surface area contributed by atoms with Crippen LogP contribution in [0.15, 0.2) is 0 Å². The molecule has 0 spiro atoms. The Morgan fingerprint density at radius 3 is 2.21 bits per heavy atom. The maximum atomic E-state index is 13.0. The molecule has 2 heterocycles. The molecule has 0 aromatic carbocycles. The molecule has 0 bridgehead atoms. The van der Waals surface area contributed by atoms with Crippen molar-refractivity contribution in [3.05, 3.63) is 0 Å². The number of ketones is 1. The molecule has 2 aliphatic heterocycles.